The molecular formula is C19H26N2O2. The van der Waals surface area contributed by atoms with Gasteiger partial charge in [0, 0.05) is 23.8 Å². The normalized spacial score (nSPS) is 12.9. The van der Waals surface area contributed by atoms with Crippen LogP contribution < -0.4 is 15.8 Å². The Hall–Kier alpha value is -2.04. The van der Waals surface area contributed by atoms with Crippen LogP contribution in [0.2, 0.25) is 0 Å². The van der Waals surface area contributed by atoms with Crippen molar-refractivity contribution < 1.29 is 9.84 Å². The zero-order chi connectivity index (χ0) is 16.9. The van der Waals surface area contributed by atoms with Crippen LogP contribution in [-0.4, -0.2) is 17.2 Å². The first-order chi connectivity index (χ1) is 10.8. The van der Waals surface area contributed by atoms with E-state index in [-0.39, 0.29) is 5.54 Å². The van der Waals surface area contributed by atoms with E-state index in [2.05, 4.69) is 26.1 Å². The van der Waals surface area contributed by atoms with Crippen LogP contribution in [0.15, 0.2) is 48.5 Å². The quantitative estimate of drug-likeness (QED) is 0.716. The van der Waals surface area contributed by atoms with Crippen LogP contribution >= 0.6 is 0 Å². The Bertz CT molecular complexity index is 621. The van der Waals surface area contributed by atoms with Gasteiger partial charge < -0.3 is 20.9 Å². The molecule has 0 aromatic heterocycles. The molecule has 0 radical (unpaired) electrons. The molecule has 0 heterocycles. The summed E-state index contributed by atoms with van der Waals surface area (Å²) in [6.45, 7) is 7.12. The molecule has 0 aliphatic rings. The number of aliphatic hydroxyl groups is 1. The van der Waals surface area contributed by atoms with Crippen molar-refractivity contribution in [2.24, 2.45) is 0 Å². The number of hydrogen-bond acceptors (Lipinski definition) is 4. The van der Waals surface area contributed by atoms with Gasteiger partial charge in [0.15, 0.2) is 0 Å². The summed E-state index contributed by atoms with van der Waals surface area (Å²) in [6, 6.07) is 15.3. The SMILES string of the molecule is CC(C)(C)NCC(O)c1cc(N)cc(OCc2ccccc2)c1. The Labute approximate surface area is 138 Å². The number of ether oxygens (including phenoxy) is 1. The van der Waals surface area contributed by atoms with Crippen molar-refractivity contribution in [1.29, 1.82) is 0 Å². The maximum Gasteiger partial charge on any atom is 0.122 e. The molecule has 4 nitrogen and oxygen atoms in total. The minimum Gasteiger partial charge on any atom is -0.489 e. The largest absolute Gasteiger partial charge is 0.489 e. The molecule has 4 heteroatoms. The highest BCUT2D eigenvalue weighted by molar-refractivity contribution is 5.48. The van der Waals surface area contributed by atoms with Crippen LogP contribution in [0.1, 0.15) is 38.0 Å². The van der Waals surface area contributed by atoms with Crippen LogP contribution in [0.25, 0.3) is 0 Å². The number of aliphatic hydroxyl groups excluding tert-OH is 1. The highest BCUT2D eigenvalue weighted by Gasteiger charge is 2.14. The van der Waals surface area contributed by atoms with Gasteiger partial charge in [-0.05, 0) is 44.0 Å². The van der Waals surface area contributed by atoms with E-state index in [1.807, 2.05) is 36.4 Å². The highest BCUT2D eigenvalue weighted by atomic mass is 16.5. The Morgan fingerprint density at radius 2 is 1.83 bits per heavy atom. The average molecular weight is 314 g/mol. The van der Waals surface area contributed by atoms with Gasteiger partial charge >= 0.3 is 0 Å². The minimum absolute atomic E-state index is 0.0477. The molecule has 2 aromatic carbocycles. The second-order valence-corrected chi connectivity index (χ2v) is 6.76. The summed E-state index contributed by atoms with van der Waals surface area (Å²) in [6.07, 6.45) is -0.628. The fraction of sp³-hybridized carbons (Fsp3) is 0.368. The summed E-state index contributed by atoms with van der Waals surface area (Å²) in [4.78, 5) is 0. The summed E-state index contributed by atoms with van der Waals surface area (Å²) in [5.41, 5.74) is 8.32. The van der Waals surface area contributed by atoms with Gasteiger partial charge in [0.2, 0.25) is 0 Å². The van der Waals surface area contributed by atoms with Gasteiger partial charge in [-0.1, -0.05) is 30.3 Å². The van der Waals surface area contributed by atoms with Crippen LogP contribution in [-0.2, 0) is 6.61 Å². The molecule has 1 unspecified atom stereocenters. The van der Waals surface area contributed by atoms with Crippen molar-refractivity contribution >= 4 is 5.69 Å². The predicted molar refractivity (Wildman–Crippen MR) is 94.3 cm³/mol. The maximum absolute atomic E-state index is 10.3. The molecule has 0 spiro atoms. The monoisotopic (exact) mass is 314 g/mol. The number of rotatable bonds is 6. The fourth-order valence-electron chi connectivity index (χ4n) is 2.18. The van der Waals surface area contributed by atoms with Crippen molar-refractivity contribution in [3.63, 3.8) is 0 Å². The van der Waals surface area contributed by atoms with E-state index in [0.29, 0.717) is 24.6 Å². The van der Waals surface area contributed by atoms with E-state index >= 15 is 0 Å². The smallest absolute Gasteiger partial charge is 0.122 e. The summed E-state index contributed by atoms with van der Waals surface area (Å²) >= 11 is 0. The number of nitrogens with one attached hydrogen (secondary N) is 1. The van der Waals surface area contributed by atoms with E-state index in [4.69, 9.17) is 10.5 Å². The summed E-state index contributed by atoms with van der Waals surface area (Å²) < 4.78 is 5.80. The topological polar surface area (TPSA) is 67.5 Å². The van der Waals surface area contributed by atoms with E-state index in [1.165, 1.54) is 0 Å². The van der Waals surface area contributed by atoms with Crippen LogP contribution in [0.3, 0.4) is 0 Å². The first kappa shape index (κ1) is 17.3. The molecule has 4 N–H and O–H groups in total. The molecule has 0 fully saturated rings. The summed E-state index contributed by atoms with van der Waals surface area (Å²) in [5.74, 6) is 0.665. The van der Waals surface area contributed by atoms with E-state index in [0.717, 1.165) is 11.1 Å². The standard InChI is InChI=1S/C19H26N2O2/c1-19(2,3)21-12-18(22)15-9-16(20)11-17(10-15)23-13-14-7-5-4-6-8-14/h4-11,18,21-22H,12-13,20H2,1-3H3. The number of hydrogen-bond donors (Lipinski definition) is 3. The third kappa shape index (κ3) is 5.93. The molecule has 0 saturated heterocycles. The van der Waals surface area contributed by atoms with Gasteiger partial charge in [0.25, 0.3) is 0 Å². The number of nitrogens with two attached hydrogens (primary N) is 1. The molecule has 0 saturated carbocycles. The molecule has 0 aliphatic carbocycles. The maximum atomic E-state index is 10.3. The Balaban J connectivity index is 2.03. The lowest BCUT2D eigenvalue weighted by Gasteiger charge is -2.23. The van der Waals surface area contributed by atoms with E-state index in [9.17, 15) is 5.11 Å². The third-order valence-electron chi connectivity index (χ3n) is 3.41. The van der Waals surface area contributed by atoms with Crippen molar-refractivity contribution in [2.45, 2.75) is 39.0 Å². The molecule has 1 atom stereocenters. The lowest BCUT2D eigenvalue weighted by Crippen LogP contribution is -2.38. The first-order valence-corrected chi connectivity index (χ1v) is 7.84. The minimum atomic E-state index is -0.628. The summed E-state index contributed by atoms with van der Waals surface area (Å²) in [5, 5.41) is 13.6. The van der Waals surface area contributed by atoms with E-state index in [1.54, 1.807) is 12.1 Å². The highest BCUT2D eigenvalue weighted by Crippen LogP contribution is 2.24. The molecule has 23 heavy (non-hydrogen) atoms. The van der Waals surface area contributed by atoms with Crippen LogP contribution in [0.5, 0.6) is 5.75 Å². The van der Waals surface area contributed by atoms with Gasteiger partial charge in [-0.2, -0.15) is 0 Å². The first-order valence-electron chi connectivity index (χ1n) is 7.84. The van der Waals surface area contributed by atoms with Crippen molar-refractivity contribution in [1.82, 2.24) is 5.32 Å². The third-order valence-corrected chi connectivity index (χ3v) is 3.41. The average Bonchev–Trinajstić information content (AvgIpc) is 2.50. The Morgan fingerprint density at radius 3 is 2.48 bits per heavy atom. The zero-order valence-electron chi connectivity index (χ0n) is 14.0. The molecular weight excluding hydrogens is 288 g/mol. The second-order valence-electron chi connectivity index (χ2n) is 6.76. The Kier molecular flexibility index (Phi) is 5.64. The Morgan fingerprint density at radius 1 is 1.13 bits per heavy atom. The lowest BCUT2D eigenvalue weighted by atomic mass is 10.1. The zero-order valence-corrected chi connectivity index (χ0v) is 14.0. The van der Waals surface area contributed by atoms with Gasteiger partial charge in [-0.25, -0.2) is 0 Å². The lowest BCUT2D eigenvalue weighted by molar-refractivity contribution is 0.163. The molecule has 0 amide bonds. The predicted octanol–water partition coefficient (Wildman–Crippen LogP) is 3.27. The van der Waals surface area contributed by atoms with Gasteiger partial charge in [0.1, 0.15) is 12.4 Å². The molecule has 0 aliphatic heterocycles. The second kappa shape index (κ2) is 7.49. The van der Waals surface area contributed by atoms with Crippen LogP contribution in [0.4, 0.5) is 5.69 Å². The number of benzene rings is 2. The fourth-order valence-corrected chi connectivity index (χ4v) is 2.18. The van der Waals surface area contributed by atoms with Gasteiger partial charge in [-0.15, -0.1) is 0 Å². The van der Waals surface area contributed by atoms with E-state index < -0.39 is 6.10 Å². The van der Waals surface area contributed by atoms with Crippen molar-refractivity contribution in [3.05, 3.63) is 59.7 Å². The number of anilines is 1. The van der Waals surface area contributed by atoms with Gasteiger partial charge in [-0.3, -0.25) is 0 Å². The van der Waals surface area contributed by atoms with Crippen LogP contribution in [0, 0.1) is 0 Å². The molecule has 124 valence electrons. The number of β-amino-alcohol motifs (C(OH)–C–C–N with tert-alkyl or cyclic N) is 1. The summed E-state index contributed by atoms with van der Waals surface area (Å²) in [7, 11) is 0. The molecule has 2 rings (SSSR count). The van der Waals surface area contributed by atoms with Gasteiger partial charge in [0.05, 0.1) is 6.10 Å². The van der Waals surface area contributed by atoms with Crippen molar-refractivity contribution in [3.8, 4) is 5.75 Å². The molecule has 0 bridgehead atoms. The molecule has 2 aromatic rings. The number of nitrogen functional groups attached to an aromatic ring is 1. The van der Waals surface area contributed by atoms with Crippen molar-refractivity contribution in [2.75, 3.05) is 12.3 Å².